The summed E-state index contributed by atoms with van der Waals surface area (Å²) in [5.41, 5.74) is 0.0855. The quantitative estimate of drug-likeness (QED) is 0.225. The Morgan fingerprint density at radius 2 is 1.83 bits per heavy atom. The molecule has 2 N–H and O–H groups in total. The topological polar surface area (TPSA) is 67.1 Å². The molecule has 0 spiro atoms. The van der Waals surface area contributed by atoms with E-state index in [0.29, 0.717) is 24.5 Å². The van der Waals surface area contributed by atoms with Crippen LogP contribution >= 0.6 is 24.0 Å². The third-order valence-electron chi connectivity index (χ3n) is 4.48. The van der Waals surface area contributed by atoms with Crippen molar-refractivity contribution in [1.29, 1.82) is 0 Å². The molecule has 1 unspecified atom stereocenters. The summed E-state index contributed by atoms with van der Waals surface area (Å²) in [6, 6.07) is 5.53. The predicted octanol–water partition coefficient (Wildman–Crippen LogP) is 4.05. The van der Waals surface area contributed by atoms with Gasteiger partial charge in [-0.1, -0.05) is 25.1 Å². The number of benzene rings is 1. The fourth-order valence-corrected chi connectivity index (χ4v) is 2.78. The highest BCUT2D eigenvalue weighted by Crippen LogP contribution is 2.31. The number of unbranched alkanes of at least 4 members (excludes halogenated alkanes) is 1. The van der Waals surface area contributed by atoms with Gasteiger partial charge in [0.25, 0.3) is 0 Å². The molecule has 29 heavy (non-hydrogen) atoms. The Balaban J connectivity index is 0.00000420. The number of rotatable bonds is 9. The fourth-order valence-electron chi connectivity index (χ4n) is 2.78. The van der Waals surface area contributed by atoms with Gasteiger partial charge in [-0.05, 0) is 36.8 Å². The lowest BCUT2D eigenvalue weighted by Crippen LogP contribution is -2.38. The van der Waals surface area contributed by atoms with Crippen molar-refractivity contribution >= 4 is 29.9 Å². The predicted molar refractivity (Wildman–Crippen MR) is 119 cm³/mol. The van der Waals surface area contributed by atoms with Gasteiger partial charge in [0.05, 0.1) is 5.56 Å². The van der Waals surface area contributed by atoms with E-state index in [4.69, 9.17) is 0 Å². The third-order valence-corrected chi connectivity index (χ3v) is 4.48. The molecule has 2 rings (SSSR count). The second-order valence-corrected chi connectivity index (χ2v) is 6.65. The van der Waals surface area contributed by atoms with Crippen LogP contribution in [0.2, 0.25) is 0 Å². The lowest BCUT2D eigenvalue weighted by Gasteiger charge is -2.16. The average molecular weight is 524 g/mol. The van der Waals surface area contributed by atoms with Crippen molar-refractivity contribution in [3.05, 3.63) is 48.0 Å². The number of aromatic nitrogens is 3. The number of nitrogens with one attached hydrogen (secondary N) is 2. The van der Waals surface area contributed by atoms with E-state index in [0.717, 1.165) is 32.0 Å². The van der Waals surface area contributed by atoms with Gasteiger partial charge < -0.3 is 15.2 Å². The summed E-state index contributed by atoms with van der Waals surface area (Å²) in [6.45, 7) is 4.20. The highest BCUT2D eigenvalue weighted by Gasteiger charge is 2.30. The maximum Gasteiger partial charge on any atom is 0.416 e. The van der Waals surface area contributed by atoms with Gasteiger partial charge in [0.15, 0.2) is 5.96 Å². The van der Waals surface area contributed by atoms with Crippen LogP contribution in [0, 0.1) is 0 Å². The molecule has 0 bridgehead atoms. The standard InChI is InChI=1S/C19H27F3N6.HI/c1-15(16-6-5-7-17(12-16)19(20,21)22)8-10-25-18(23-2)24-9-3-4-11-28-13-26-27-14-28;/h5-7,12-15H,3-4,8-11H2,1-2H3,(H2,23,24,25);1H. The molecular formula is C19H28F3IN6. The molecular weight excluding hydrogens is 496 g/mol. The molecule has 0 radical (unpaired) electrons. The summed E-state index contributed by atoms with van der Waals surface area (Å²) in [6.07, 6.45) is 1.75. The third kappa shape index (κ3) is 9.01. The molecule has 1 heterocycles. The Bertz CT molecular complexity index is 734. The van der Waals surface area contributed by atoms with Crippen LogP contribution < -0.4 is 10.6 Å². The maximum absolute atomic E-state index is 12.8. The van der Waals surface area contributed by atoms with Gasteiger partial charge in [0.2, 0.25) is 0 Å². The summed E-state index contributed by atoms with van der Waals surface area (Å²) in [4.78, 5) is 4.17. The van der Waals surface area contributed by atoms with E-state index in [2.05, 4.69) is 25.8 Å². The number of alkyl halides is 3. The van der Waals surface area contributed by atoms with Crippen LogP contribution in [0.15, 0.2) is 41.9 Å². The number of aryl methyl sites for hydroxylation is 1. The summed E-state index contributed by atoms with van der Waals surface area (Å²) in [7, 11) is 1.70. The van der Waals surface area contributed by atoms with Crippen LogP contribution in [-0.4, -0.2) is 40.9 Å². The van der Waals surface area contributed by atoms with E-state index < -0.39 is 11.7 Å². The summed E-state index contributed by atoms with van der Waals surface area (Å²) in [5.74, 6) is 0.706. The Morgan fingerprint density at radius 3 is 2.48 bits per heavy atom. The number of aliphatic imine (C=N–C) groups is 1. The SMILES string of the molecule is CN=C(NCCCCn1cnnc1)NCCC(C)c1cccc(C(F)(F)F)c1.I. The van der Waals surface area contributed by atoms with Crippen LogP contribution in [-0.2, 0) is 12.7 Å². The van der Waals surface area contributed by atoms with E-state index in [9.17, 15) is 13.2 Å². The van der Waals surface area contributed by atoms with Crippen molar-refractivity contribution in [2.45, 2.75) is 44.8 Å². The molecule has 10 heteroatoms. The van der Waals surface area contributed by atoms with Gasteiger partial charge in [0.1, 0.15) is 12.7 Å². The van der Waals surface area contributed by atoms with Crippen molar-refractivity contribution in [3.63, 3.8) is 0 Å². The van der Waals surface area contributed by atoms with Crippen LogP contribution in [0.1, 0.15) is 43.2 Å². The van der Waals surface area contributed by atoms with Crippen molar-refractivity contribution < 1.29 is 13.2 Å². The first-order valence-corrected chi connectivity index (χ1v) is 9.34. The largest absolute Gasteiger partial charge is 0.416 e. The minimum Gasteiger partial charge on any atom is -0.356 e. The molecule has 0 amide bonds. The van der Waals surface area contributed by atoms with E-state index >= 15 is 0 Å². The molecule has 0 saturated carbocycles. The van der Waals surface area contributed by atoms with E-state index in [1.807, 2.05) is 11.5 Å². The second-order valence-electron chi connectivity index (χ2n) is 6.65. The lowest BCUT2D eigenvalue weighted by molar-refractivity contribution is -0.137. The highest BCUT2D eigenvalue weighted by atomic mass is 127. The summed E-state index contributed by atoms with van der Waals surface area (Å²) in [5, 5.41) is 14.0. The molecule has 6 nitrogen and oxygen atoms in total. The summed E-state index contributed by atoms with van der Waals surface area (Å²) >= 11 is 0. The molecule has 0 aliphatic carbocycles. The molecule has 162 valence electrons. The van der Waals surface area contributed by atoms with Crippen LogP contribution in [0.3, 0.4) is 0 Å². The normalized spacial score (nSPS) is 12.9. The van der Waals surface area contributed by atoms with Gasteiger partial charge in [0, 0.05) is 26.7 Å². The average Bonchev–Trinajstić information content (AvgIpc) is 3.19. The zero-order valence-electron chi connectivity index (χ0n) is 16.6. The van der Waals surface area contributed by atoms with Gasteiger partial charge >= 0.3 is 6.18 Å². The van der Waals surface area contributed by atoms with Crippen LogP contribution in [0.25, 0.3) is 0 Å². The van der Waals surface area contributed by atoms with Crippen molar-refractivity contribution in [1.82, 2.24) is 25.4 Å². The molecule has 1 aromatic carbocycles. The zero-order chi connectivity index (χ0) is 20.4. The van der Waals surface area contributed by atoms with Crippen molar-refractivity contribution in [3.8, 4) is 0 Å². The molecule has 1 aromatic heterocycles. The maximum atomic E-state index is 12.8. The fraction of sp³-hybridized carbons (Fsp3) is 0.526. The highest BCUT2D eigenvalue weighted by molar-refractivity contribution is 14.0. The smallest absolute Gasteiger partial charge is 0.356 e. The van der Waals surface area contributed by atoms with Crippen LogP contribution in [0.5, 0.6) is 0 Å². The number of hydrogen-bond acceptors (Lipinski definition) is 3. The molecule has 2 aromatic rings. The van der Waals surface area contributed by atoms with Crippen molar-refractivity contribution in [2.24, 2.45) is 4.99 Å². The monoisotopic (exact) mass is 524 g/mol. The molecule has 0 saturated heterocycles. The minimum absolute atomic E-state index is 0. The van der Waals surface area contributed by atoms with Gasteiger partial charge in [-0.15, -0.1) is 34.2 Å². The lowest BCUT2D eigenvalue weighted by atomic mass is 9.96. The van der Waals surface area contributed by atoms with E-state index in [-0.39, 0.29) is 29.9 Å². The molecule has 0 aliphatic heterocycles. The number of halogens is 4. The van der Waals surface area contributed by atoms with Gasteiger partial charge in [-0.3, -0.25) is 4.99 Å². The molecule has 1 atom stereocenters. The molecule has 0 aliphatic rings. The van der Waals surface area contributed by atoms with Gasteiger partial charge in [-0.25, -0.2) is 0 Å². The number of guanidine groups is 1. The Kier molecular flexibility index (Phi) is 11.0. The Labute approximate surface area is 186 Å². The first-order chi connectivity index (χ1) is 13.4. The first kappa shape index (κ1) is 25.2. The minimum atomic E-state index is -4.31. The Morgan fingerprint density at radius 1 is 1.14 bits per heavy atom. The number of hydrogen-bond donors (Lipinski definition) is 2. The van der Waals surface area contributed by atoms with E-state index in [1.54, 1.807) is 25.8 Å². The van der Waals surface area contributed by atoms with E-state index in [1.165, 1.54) is 12.1 Å². The Hall–Kier alpha value is -1.85. The summed E-state index contributed by atoms with van der Waals surface area (Å²) < 4.78 is 40.5. The first-order valence-electron chi connectivity index (χ1n) is 9.34. The zero-order valence-corrected chi connectivity index (χ0v) is 18.9. The van der Waals surface area contributed by atoms with Gasteiger partial charge in [-0.2, -0.15) is 13.2 Å². The molecule has 0 fully saturated rings. The number of nitrogens with zero attached hydrogens (tertiary/aromatic N) is 4. The van der Waals surface area contributed by atoms with Crippen molar-refractivity contribution in [2.75, 3.05) is 20.1 Å². The van der Waals surface area contributed by atoms with Crippen LogP contribution in [0.4, 0.5) is 13.2 Å². The second kappa shape index (κ2) is 12.7.